The second-order valence-electron chi connectivity index (χ2n) is 10.8. The van der Waals surface area contributed by atoms with Crippen molar-refractivity contribution < 1.29 is 14.4 Å². The third-order valence-electron chi connectivity index (χ3n) is 7.74. The Hall–Kier alpha value is -2.21. The van der Waals surface area contributed by atoms with E-state index in [9.17, 15) is 14.4 Å². The van der Waals surface area contributed by atoms with Gasteiger partial charge in [-0.3, -0.25) is 14.4 Å². The lowest BCUT2D eigenvalue weighted by Gasteiger charge is -2.35. The van der Waals surface area contributed by atoms with Gasteiger partial charge in [-0.15, -0.1) is 0 Å². The summed E-state index contributed by atoms with van der Waals surface area (Å²) in [6.45, 7) is 5.96. The number of hydrogen-bond donors (Lipinski definition) is 1. The van der Waals surface area contributed by atoms with Gasteiger partial charge in [0.1, 0.15) is 0 Å². The van der Waals surface area contributed by atoms with Gasteiger partial charge in [-0.2, -0.15) is 0 Å². The molecule has 0 aromatic heterocycles. The zero-order chi connectivity index (χ0) is 24.1. The van der Waals surface area contributed by atoms with E-state index in [-0.39, 0.29) is 42.0 Å². The Morgan fingerprint density at radius 3 is 2.50 bits per heavy atom. The van der Waals surface area contributed by atoms with E-state index in [1.54, 1.807) is 0 Å². The van der Waals surface area contributed by atoms with Crippen molar-refractivity contribution in [2.45, 2.75) is 89.6 Å². The molecular weight excluding hydrogens is 426 g/mol. The van der Waals surface area contributed by atoms with E-state index < -0.39 is 0 Å². The van der Waals surface area contributed by atoms with Gasteiger partial charge in [0.2, 0.25) is 5.91 Å². The number of rotatable bonds is 9. The number of carbonyl (C=O) groups excluding carboxylic acids is 3. The number of benzene rings is 1. The first-order valence-corrected chi connectivity index (χ1v) is 13.4. The molecule has 6 nitrogen and oxygen atoms in total. The van der Waals surface area contributed by atoms with E-state index in [1.807, 2.05) is 41.8 Å². The van der Waals surface area contributed by atoms with Crippen molar-refractivity contribution in [2.24, 2.45) is 5.92 Å². The van der Waals surface area contributed by atoms with Crippen LogP contribution in [0.15, 0.2) is 24.3 Å². The van der Waals surface area contributed by atoms with Crippen molar-refractivity contribution in [3.63, 3.8) is 0 Å². The summed E-state index contributed by atoms with van der Waals surface area (Å²) in [5.41, 5.74) is 1.79. The fourth-order valence-electron chi connectivity index (χ4n) is 5.31. The van der Waals surface area contributed by atoms with Gasteiger partial charge in [-0.1, -0.05) is 45.2 Å². The zero-order valence-electron chi connectivity index (χ0n) is 20.9. The second-order valence-corrected chi connectivity index (χ2v) is 10.8. The highest BCUT2D eigenvalue weighted by molar-refractivity contribution is 5.97. The summed E-state index contributed by atoms with van der Waals surface area (Å²) in [4.78, 5) is 42.8. The molecule has 1 saturated heterocycles. The van der Waals surface area contributed by atoms with Crippen LogP contribution in [0, 0.1) is 5.92 Å². The summed E-state index contributed by atoms with van der Waals surface area (Å²) >= 11 is 0. The van der Waals surface area contributed by atoms with Gasteiger partial charge in [-0.25, -0.2) is 0 Å². The fourth-order valence-corrected chi connectivity index (χ4v) is 5.31. The predicted octanol–water partition coefficient (Wildman–Crippen LogP) is 4.14. The van der Waals surface area contributed by atoms with Crippen LogP contribution >= 0.6 is 0 Å². The summed E-state index contributed by atoms with van der Waals surface area (Å²) in [6.07, 6.45) is 9.76. The number of Topliss-reactive ketones (excluding diaryl/α,β-unsaturated/α-hetero) is 1. The zero-order valence-corrected chi connectivity index (χ0v) is 20.9. The normalized spacial score (nSPS) is 21.5. The van der Waals surface area contributed by atoms with Gasteiger partial charge in [-0.05, 0) is 56.2 Å². The molecule has 186 valence electrons. The molecule has 2 aliphatic carbocycles. The molecule has 1 aromatic rings. The lowest BCUT2D eigenvalue weighted by Crippen LogP contribution is -2.45. The monoisotopic (exact) mass is 467 g/mol. The first-order chi connectivity index (χ1) is 16.4. The summed E-state index contributed by atoms with van der Waals surface area (Å²) < 4.78 is 0. The smallest absolute Gasteiger partial charge is 0.254 e. The lowest BCUT2D eigenvalue weighted by molar-refractivity contribution is -0.131. The van der Waals surface area contributed by atoms with E-state index in [0.717, 1.165) is 50.6 Å². The van der Waals surface area contributed by atoms with Crippen molar-refractivity contribution in [1.29, 1.82) is 0 Å². The Bertz CT molecular complexity index is 873. The highest BCUT2D eigenvalue weighted by atomic mass is 16.2. The van der Waals surface area contributed by atoms with Gasteiger partial charge >= 0.3 is 0 Å². The third-order valence-corrected chi connectivity index (χ3v) is 7.74. The predicted molar refractivity (Wildman–Crippen MR) is 134 cm³/mol. The largest absolute Gasteiger partial charge is 0.341 e. The van der Waals surface area contributed by atoms with Crippen molar-refractivity contribution >= 4 is 17.6 Å². The number of nitrogens with one attached hydrogen (secondary N) is 1. The molecule has 6 heteroatoms. The molecule has 2 amide bonds. The summed E-state index contributed by atoms with van der Waals surface area (Å²) in [6, 6.07) is 8.62. The molecule has 1 heterocycles. The van der Waals surface area contributed by atoms with Crippen molar-refractivity contribution in [1.82, 2.24) is 15.1 Å². The molecular formula is C28H41N3O3. The summed E-state index contributed by atoms with van der Waals surface area (Å²) in [5, 5.41) is 3.33. The fraction of sp³-hybridized carbons (Fsp3) is 0.679. The molecule has 1 unspecified atom stereocenters. The first kappa shape index (κ1) is 24.9. The minimum absolute atomic E-state index is 0.0277. The van der Waals surface area contributed by atoms with Crippen molar-refractivity contribution in [3.8, 4) is 0 Å². The Balaban J connectivity index is 1.46. The number of ketones is 1. The van der Waals surface area contributed by atoms with E-state index in [2.05, 4.69) is 11.4 Å². The molecule has 4 rings (SSSR count). The Kier molecular flexibility index (Phi) is 8.41. The third kappa shape index (κ3) is 6.47. The van der Waals surface area contributed by atoms with Gasteiger partial charge in [0.05, 0.1) is 13.1 Å². The van der Waals surface area contributed by atoms with Crippen LogP contribution in [-0.2, 0) is 9.59 Å². The van der Waals surface area contributed by atoms with Crippen LogP contribution in [0.1, 0.15) is 93.5 Å². The van der Waals surface area contributed by atoms with E-state index in [4.69, 9.17) is 0 Å². The molecule has 1 atom stereocenters. The van der Waals surface area contributed by atoms with Crippen molar-refractivity contribution in [3.05, 3.63) is 35.4 Å². The molecule has 0 bridgehead atoms. The summed E-state index contributed by atoms with van der Waals surface area (Å²) in [5.74, 6) is 0.438. The molecule has 2 saturated carbocycles. The number of hydrogen-bond acceptors (Lipinski definition) is 4. The molecule has 1 N–H and O–H groups in total. The SMILES string of the molecule is CC(C)C(=O)CN(C(=O)c1cccc(C2CCCN(C(=O)CNC3CC3)C2)c1)C1CCCCC1. The van der Waals surface area contributed by atoms with E-state index in [1.165, 1.54) is 19.3 Å². The molecule has 0 radical (unpaired) electrons. The molecule has 3 aliphatic rings. The minimum atomic E-state index is -0.0783. The first-order valence-electron chi connectivity index (χ1n) is 13.4. The van der Waals surface area contributed by atoms with Crippen LogP contribution in [0.5, 0.6) is 0 Å². The van der Waals surface area contributed by atoms with E-state index in [0.29, 0.717) is 24.7 Å². The van der Waals surface area contributed by atoms with Crippen LogP contribution < -0.4 is 5.32 Å². The average molecular weight is 468 g/mol. The van der Waals surface area contributed by atoms with Gasteiger partial charge in [0, 0.05) is 42.6 Å². The van der Waals surface area contributed by atoms with Crippen LogP contribution in [0.4, 0.5) is 0 Å². The van der Waals surface area contributed by atoms with Crippen LogP contribution in [0.25, 0.3) is 0 Å². The number of likely N-dealkylation sites (tertiary alicyclic amines) is 1. The van der Waals surface area contributed by atoms with Crippen LogP contribution in [-0.4, -0.2) is 65.7 Å². The van der Waals surface area contributed by atoms with Gasteiger partial charge in [0.25, 0.3) is 5.91 Å². The maximum atomic E-state index is 13.7. The highest BCUT2D eigenvalue weighted by Crippen LogP contribution is 2.29. The molecule has 3 fully saturated rings. The lowest BCUT2D eigenvalue weighted by atomic mass is 9.89. The van der Waals surface area contributed by atoms with Gasteiger partial charge < -0.3 is 15.1 Å². The minimum Gasteiger partial charge on any atom is -0.341 e. The standard InChI is InChI=1S/C28H41N3O3/c1-20(2)26(32)19-31(25-11-4-3-5-12-25)28(34)22-9-6-8-21(16-22)23-10-7-15-30(18-23)27(33)17-29-24-13-14-24/h6,8-9,16,20,23-25,29H,3-5,7,10-15,17-19H2,1-2H3. The number of amides is 2. The van der Waals surface area contributed by atoms with Crippen LogP contribution in [0.3, 0.4) is 0 Å². The quantitative estimate of drug-likeness (QED) is 0.593. The summed E-state index contributed by atoms with van der Waals surface area (Å²) in [7, 11) is 0. The Labute approximate surface area is 204 Å². The van der Waals surface area contributed by atoms with Crippen LogP contribution in [0.2, 0.25) is 0 Å². The Morgan fingerprint density at radius 1 is 1.03 bits per heavy atom. The van der Waals surface area contributed by atoms with Crippen molar-refractivity contribution in [2.75, 3.05) is 26.2 Å². The molecule has 1 aliphatic heterocycles. The molecule has 0 spiro atoms. The second kappa shape index (κ2) is 11.5. The van der Waals surface area contributed by atoms with Gasteiger partial charge in [0.15, 0.2) is 5.78 Å². The average Bonchev–Trinajstić information content (AvgIpc) is 3.70. The molecule has 1 aromatic carbocycles. The maximum absolute atomic E-state index is 13.7. The number of carbonyl (C=O) groups is 3. The highest BCUT2D eigenvalue weighted by Gasteiger charge is 2.30. The maximum Gasteiger partial charge on any atom is 0.254 e. The number of nitrogens with zero attached hydrogens (tertiary/aromatic N) is 2. The Morgan fingerprint density at radius 2 is 1.79 bits per heavy atom. The molecule has 34 heavy (non-hydrogen) atoms. The number of piperidine rings is 1. The topological polar surface area (TPSA) is 69.7 Å². The van der Waals surface area contributed by atoms with E-state index >= 15 is 0 Å².